The van der Waals surface area contributed by atoms with Gasteiger partial charge in [0.1, 0.15) is 0 Å². The summed E-state index contributed by atoms with van der Waals surface area (Å²) in [6.07, 6.45) is 13.1. The molecular formula is C13H24. The van der Waals surface area contributed by atoms with Gasteiger partial charge in [0.2, 0.25) is 0 Å². The van der Waals surface area contributed by atoms with Gasteiger partial charge in [-0.25, -0.2) is 0 Å². The van der Waals surface area contributed by atoms with Crippen LogP contribution in [0.5, 0.6) is 0 Å². The number of allylic oxidation sites excluding steroid dienone is 5. The minimum Gasteiger partial charge on any atom is -0.0958 e. The molecule has 0 aliphatic carbocycles. The van der Waals surface area contributed by atoms with Crippen LogP contribution in [-0.4, -0.2) is 0 Å². The van der Waals surface area contributed by atoms with Crippen molar-refractivity contribution in [1.82, 2.24) is 0 Å². The first kappa shape index (κ1) is 14.7. The Hall–Kier alpha value is -0.780. The maximum Gasteiger partial charge on any atom is -0.0285 e. The monoisotopic (exact) mass is 180 g/mol. The summed E-state index contributed by atoms with van der Waals surface area (Å²) in [5, 5.41) is 0. The van der Waals surface area contributed by atoms with Gasteiger partial charge < -0.3 is 0 Å². The van der Waals surface area contributed by atoms with Crippen molar-refractivity contribution in [3.63, 3.8) is 0 Å². The molecule has 0 bridgehead atoms. The molecule has 0 atom stereocenters. The molecule has 0 radical (unpaired) electrons. The van der Waals surface area contributed by atoms with E-state index >= 15 is 0 Å². The minimum absolute atomic E-state index is 0. The van der Waals surface area contributed by atoms with E-state index in [0.29, 0.717) is 0 Å². The normalized spacial score (nSPS) is 10.6. The highest BCUT2D eigenvalue weighted by molar-refractivity contribution is 5.18. The Morgan fingerprint density at radius 2 is 1.92 bits per heavy atom. The van der Waals surface area contributed by atoms with E-state index in [1.165, 1.54) is 18.4 Å². The Bertz CT molecular complexity index is 161. The van der Waals surface area contributed by atoms with E-state index in [0.717, 1.165) is 12.8 Å². The lowest BCUT2D eigenvalue weighted by atomic mass is 10.1. The van der Waals surface area contributed by atoms with Crippen molar-refractivity contribution in [1.29, 1.82) is 0 Å². The summed E-state index contributed by atoms with van der Waals surface area (Å²) < 4.78 is 0. The molecule has 0 aliphatic heterocycles. The highest BCUT2D eigenvalue weighted by atomic mass is 13.9. The van der Waals surface area contributed by atoms with Gasteiger partial charge in [-0.15, -0.1) is 0 Å². The van der Waals surface area contributed by atoms with Crippen molar-refractivity contribution >= 4 is 0 Å². The second-order valence-electron chi connectivity index (χ2n) is 2.96. The zero-order valence-corrected chi connectivity index (χ0v) is 8.34. The van der Waals surface area contributed by atoms with E-state index in [1.807, 2.05) is 0 Å². The number of hydrogen-bond acceptors (Lipinski definition) is 0. The quantitative estimate of drug-likeness (QED) is 0.510. The average molecular weight is 180 g/mol. The fraction of sp³-hybridized carbons (Fsp3) is 0.538. The average Bonchev–Trinajstić information content (AvgIpc) is 2.09. The van der Waals surface area contributed by atoms with E-state index in [2.05, 4.69) is 44.7 Å². The second-order valence-corrected chi connectivity index (χ2v) is 2.96. The fourth-order valence-corrected chi connectivity index (χ4v) is 0.893. The van der Waals surface area contributed by atoms with Crippen LogP contribution >= 0.6 is 0 Å². The second kappa shape index (κ2) is 11.2. The van der Waals surface area contributed by atoms with Crippen LogP contribution in [0.3, 0.4) is 0 Å². The van der Waals surface area contributed by atoms with Gasteiger partial charge in [0.25, 0.3) is 0 Å². The summed E-state index contributed by atoms with van der Waals surface area (Å²) in [7, 11) is 0. The van der Waals surface area contributed by atoms with Gasteiger partial charge in [0.05, 0.1) is 0 Å². The molecule has 0 rings (SSSR count). The maximum absolute atomic E-state index is 3.97. The van der Waals surface area contributed by atoms with Gasteiger partial charge in [-0.05, 0) is 19.3 Å². The van der Waals surface area contributed by atoms with Crippen LogP contribution in [0.1, 0.15) is 47.0 Å². The van der Waals surface area contributed by atoms with Crippen molar-refractivity contribution in [3.8, 4) is 0 Å². The molecule has 0 saturated carbocycles. The first-order valence-electron chi connectivity index (χ1n) is 4.82. The molecule has 13 heavy (non-hydrogen) atoms. The molecule has 0 heteroatoms. The number of rotatable bonds is 6. The van der Waals surface area contributed by atoms with Gasteiger partial charge in [-0.3, -0.25) is 0 Å². The topological polar surface area (TPSA) is 0 Å². The lowest BCUT2D eigenvalue weighted by Gasteiger charge is -1.95. The van der Waals surface area contributed by atoms with Crippen LogP contribution < -0.4 is 0 Å². The van der Waals surface area contributed by atoms with Gasteiger partial charge >= 0.3 is 0 Å². The highest BCUT2D eigenvalue weighted by Crippen LogP contribution is 2.05. The van der Waals surface area contributed by atoms with E-state index in [9.17, 15) is 0 Å². The van der Waals surface area contributed by atoms with Gasteiger partial charge in [0, 0.05) is 0 Å². The van der Waals surface area contributed by atoms with Crippen LogP contribution in [-0.2, 0) is 0 Å². The van der Waals surface area contributed by atoms with E-state index in [-0.39, 0.29) is 7.43 Å². The zero-order valence-electron chi connectivity index (χ0n) is 8.34. The molecule has 0 aromatic carbocycles. The Balaban J connectivity index is 0. The third-order valence-electron chi connectivity index (χ3n) is 1.67. The van der Waals surface area contributed by atoms with E-state index in [1.54, 1.807) is 0 Å². The van der Waals surface area contributed by atoms with Gasteiger partial charge in [-0.1, -0.05) is 64.2 Å². The summed E-state index contributed by atoms with van der Waals surface area (Å²) in [5.41, 5.74) is 1.23. The first-order chi connectivity index (χ1) is 5.81. The summed E-state index contributed by atoms with van der Waals surface area (Å²) in [5.74, 6) is 0. The van der Waals surface area contributed by atoms with E-state index < -0.39 is 0 Å². The zero-order chi connectivity index (χ0) is 9.23. The highest BCUT2D eigenvalue weighted by Gasteiger charge is 1.85. The van der Waals surface area contributed by atoms with Crippen molar-refractivity contribution in [2.75, 3.05) is 0 Å². The third kappa shape index (κ3) is 11.2. The number of hydrogen-bond donors (Lipinski definition) is 0. The largest absolute Gasteiger partial charge is 0.0958 e. The van der Waals surface area contributed by atoms with Crippen LogP contribution in [0.15, 0.2) is 36.5 Å². The molecule has 0 heterocycles. The van der Waals surface area contributed by atoms with Crippen molar-refractivity contribution in [2.24, 2.45) is 0 Å². The molecule has 0 aromatic rings. The predicted octanol–water partition coefficient (Wildman–Crippen LogP) is 4.89. The molecule has 0 N–H and O–H groups in total. The molecule has 0 unspecified atom stereocenters. The lowest BCUT2D eigenvalue weighted by molar-refractivity contribution is 0.799. The lowest BCUT2D eigenvalue weighted by Crippen LogP contribution is -1.75. The van der Waals surface area contributed by atoms with Crippen LogP contribution in [0, 0.1) is 0 Å². The van der Waals surface area contributed by atoms with E-state index in [4.69, 9.17) is 0 Å². The maximum atomic E-state index is 3.97. The first-order valence-corrected chi connectivity index (χ1v) is 4.82. The molecular weight excluding hydrogens is 156 g/mol. The van der Waals surface area contributed by atoms with Crippen molar-refractivity contribution < 1.29 is 0 Å². The summed E-state index contributed by atoms with van der Waals surface area (Å²) in [6, 6.07) is 0. The van der Waals surface area contributed by atoms with Gasteiger partial charge in [-0.2, -0.15) is 0 Å². The standard InChI is InChI=1S/C12H20.CH4/c1-4-6-8-9-11-12(3)10-7-5-2;/h6,8-9,11H,3-5,7,10H2,1-2H3;1H4/b8-6-,11-9-;. The molecule has 0 aliphatic rings. The third-order valence-corrected chi connectivity index (χ3v) is 1.67. The molecule has 0 nitrogen and oxygen atoms in total. The molecule has 0 fully saturated rings. The van der Waals surface area contributed by atoms with Crippen LogP contribution in [0.25, 0.3) is 0 Å². The molecule has 0 saturated heterocycles. The molecule has 0 aromatic heterocycles. The molecule has 0 amide bonds. The van der Waals surface area contributed by atoms with Gasteiger partial charge in [0.15, 0.2) is 0 Å². The molecule has 0 spiro atoms. The summed E-state index contributed by atoms with van der Waals surface area (Å²) in [6.45, 7) is 8.31. The molecule has 76 valence electrons. The number of unbranched alkanes of at least 4 members (excludes halogenated alkanes) is 1. The summed E-state index contributed by atoms with van der Waals surface area (Å²) >= 11 is 0. The Labute approximate surface area is 84.1 Å². The SMILES string of the molecule is C.C=C(/C=C\C=C/CC)CCCC. The van der Waals surface area contributed by atoms with Crippen LogP contribution in [0.4, 0.5) is 0 Å². The van der Waals surface area contributed by atoms with Crippen LogP contribution in [0.2, 0.25) is 0 Å². The smallest absolute Gasteiger partial charge is 0.0285 e. The minimum atomic E-state index is 0. The van der Waals surface area contributed by atoms with Crippen molar-refractivity contribution in [2.45, 2.75) is 47.0 Å². The Morgan fingerprint density at radius 3 is 2.46 bits per heavy atom. The van der Waals surface area contributed by atoms with Crippen molar-refractivity contribution in [3.05, 3.63) is 36.5 Å². The Kier molecular flexibility index (Phi) is 12.7. The summed E-state index contributed by atoms with van der Waals surface area (Å²) in [4.78, 5) is 0. The Morgan fingerprint density at radius 1 is 1.23 bits per heavy atom. The fourth-order valence-electron chi connectivity index (χ4n) is 0.893. The predicted molar refractivity (Wildman–Crippen MR) is 64.0 cm³/mol.